The lowest BCUT2D eigenvalue weighted by atomic mass is 10.1. The zero-order chi connectivity index (χ0) is 12.8. The molecule has 5 nitrogen and oxygen atoms in total. The lowest BCUT2D eigenvalue weighted by Crippen LogP contribution is -2.45. The Kier molecular flexibility index (Phi) is 5.06. The maximum Gasteiger partial charge on any atom is 0.325 e. The van der Waals surface area contributed by atoms with Gasteiger partial charge in [0, 0.05) is 18.4 Å². The van der Waals surface area contributed by atoms with Gasteiger partial charge in [0.2, 0.25) is 0 Å². The third kappa shape index (κ3) is 3.80. The zero-order valence-corrected chi connectivity index (χ0v) is 10.3. The molecule has 17 heavy (non-hydrogen) atoms. The first kappa shape index (κ1) is 13.6. The van der Waals surface area contributed by atoms with Crippen molar-refractivity contribution < 1.29 is 14.6 Å². The van der Waals surface area contributed by atoms with E-state index in [9.17, 15) is 9.90 Å². The molecule has 0 saturated heterocycles. The Labute approximate surface area is 101 Å². The van der Waals surface area contributed by atoms with Crippen LogP contribution in [0.5, 0.6) is 0 Å². The quantitative estimate of drug-likeness (QED) is 0.727. The Morgan fingerprint density at radius 3 is 2.88 bits per heavy atom. The summed E-state index contributed by atoms with van der Waals surface area (Å²) in [4.78, 5) is 15.5. The first-order valence-electron chi connectivity index (χ1n) is 5.46. The molecule has 2 N–H and O–H groups in total. The summed E-state index contributed by atoms with van der Waals surface area (Å²) in [5.41, 5.74) is 1.89. The Bertz CT molecular complexity index is 380. The normalized spacial score (nSPS) is 14.1. The summed E-state index contributed by atoms with van der Waals surface area (Å²) in [5, 5.41) is 12.4. The number of esters is 1. The highest BCUT2D eigenvalue weighted by Gasteiger charge is 2.23. The number of carbonyl (C=O) groups excluding carboxylic acids is 1. The number of nitrogens with zero attached hydrogens (tertiary/aromatic N) is 1. The molecule has 0 spiro atoms. The Balaban J connectivity index is 2.64. The van der Waals surface area contributed by atoms with Crippen LogP contribution in [0.25, 0.3) is 0 Å². The number of aliphatic hydroxyl groups is 1. The zero-order valence-electron chi connectivity index (χ0n) is 10.3. The number of ether oxygens (including phenoxy) is 1. The number of rotatable bonds is 5. The van der Waals surface area contributed by atoms with E-state index in [1.54, 1.807) is 13.1 Å². The number of methoxy groups -OCH3 is 1. The average Bonchev–Trinajstić information content (AvgIpc) is 2.30. The van der Waals surface area contributed by atoms with Gasteiger partial charge in [0.25, 0.3) is 0 Å². The number of nitrogens with one attached hydrogen (secondary N) is 1. The molecule has 0 aliphatic rings. The van der Waals surface area contributed by atoms with Gasteiger partial charge >= 0.3 is 5.97 Å². The van der Waals surface area contributed by atoms with Gasteiger partial charge in [-0.3, -0.25) is 15.1 Å². The number of carbonyl (C=O) groups is 1. The minimum absolute atomic E-state index is 0.463. The van der Waals surface area contributed by atoms with E-state index in [1.165, 1.54) is 7.11 Å². The minimum Gasteiger partial charge on any atom is -0.468 e. The highest BCUT2D eigenvalue weighted by atomic mass is 16.5. The fourth-order valence-corrected chi connectivity index (χ4v) is 1.50. The van der Waals surface area contributed by atoms with E-state index in [4.69, 9.17) is 0 Å². The van der Waals surface area contributed by atoms with Gasteiger partial charge in [-0.05, 0) is 25.5 Å². The SMILES string of the molecule is COC(=O)[C@H](NCc1cccnc1C)[C@@H](C)O. The number of aliphatic hydroxyl groups excluding tert-OH is 1. The van der Waals surface area contributed by atoms with E-state index in [2.05, 4.69) is 15.0 Å². The van der Waals surface area contributed by atoms with Gasteiger partial charge in [0.05, 0.1) is 13.2 Å². The van der Waals surface area contributed by atoms with Crippen molar-refractivity contribution in [3.63, 3.8) is 0 Å². The maximum atomic E-state index is 11.4. The van der Waals surface area contributed by atoms with E-state index in [1.807, 2.05) is 19.1 Å². The lowest BCUT2D eigenvalue weighted by Gasteiger charge is -2.19. The molecule has 1 heterocycles. The number of hydrogen-bond acceptors (Lipinski definition) is 5. The summed E-state index contributed by atoms with van der Waals surface area (Å²) >= 11 is 0. The molecule has 2 atom stereocenters. The van der Waals surface area contributed by atoms with Crippen molar-refractivity contribution in [1.82, 2.24) is 10.3 Å². The van der Waals surface area contributed by atoms with Crippen LogP contribution in [0.1, 0.15) is 18.2 Å². The van der Waals surface area contributed by atoms with Crippen molar-refractivity contribution in [2.45, 2.75) is 32.5 Å². The van der Waals surface area contributed by atoms with Crippen LogP contribution in [0.15, 0.2) is 18.3 Å². The Morgan fingerprint density at radius 1 is 1.65 bits per heavy atom. The summed E-state index contributed by atoms with van der Waals surface area (Å²) in [6, 6.07) is 3.03. The molecule has 0 bridgehead atoms. The molecule has 0 amide bonds. The van der Waals surface area contributed by atoms with Crippen molar-refractivity contribution in [2.24, 2.45) is 0 Å². The highest BCUT2D eigenvalue weighted by molar-refractivity contribution is 5.76. The van der Waals surface area contributed by atoms with Crippen LogP contribution in [-0.2, 0) is 16.1 Å². The van der Waals surface area contributed by atoms with Crippen molar-refractivity contribution in [2.75, 3.05) is 7.11 Å². The monoisotopic (exact) mass is 238 g/mol. The van der Waals surface area contributed by atoms with Crippen LogP contribution in [-0.4, -0.2) is 35.3 Å². The Morgan fingerprint density at radius 2 is 2.35 bits per heavy atom. The average molecular weight is 238 g/mol. The van der Waals surface area contributed by atoms with Crippen LogP contribution >= 0.6 is 0 Å². The molecule has 0 radical (unpaired) electrons. The fourth-order valence-electron chi connectivity index (χ4n) is 1.50. The molecular weight excluding hydrogens is 220 g/mol. The molecule has 0 aromatic carbocycles. The van der Waals surface area contributed by atoms with E-state index in [0.29, 0.717) is 6.54 Å². The molecule has 0 fully saturated rings. The molecule has 0 saturated carbocycles. The summed E-state index contributed by atoms with van der Waals surface area (Å²) in [7, 11) is 1.30. The van der Waals surface area contributed by atoms with Crippen LogP contribution in [0.2, 0.25) is 0 Å². The standard InChI is InChI=1S/C12H18N2O3/c1-8-10(5-4-6-13-8)7-14-11(9(2)15)12(16)17-3/h4-6,9,11,14-15H,7H2,1-3H3/t9-,11-/m1/s1. The predicted octanol–water partition coefficient (Wildman–Crippen LogP) is 0.402. The number of hydrogen-bond donors (Lipinski definition) is 2. The van der Waals surface area contributed by atoms with Crippen molar-refractivity contribution in [1.29, 1.82) is 0 Å². The smallest absolute Gasteiger partial charge is 0.325 e. The van der Waals surface area contributed by atoms with Crippen LogP contribution in [0.3, 0.4) is 0 Å². The van der Waals surface area contributed by atoms with Gasteiger partial charge in [-0.2, -0.15) is 0 Å². The molecule has 1 aromatic heterocycles. The largest absolute Gasteiger partial charge is 0.468 e. The van der Waals surface area contributed by atoms with Crippen LogP contribution < -0.4 is 5.32 Å². The van der Waals surface area contributed by atoms with E-state index in [-0.39, 0.29) is 0 Å². The summed E-state index contributed by atoms with van der Waals surface area (Å²) in [5.74, 6) is -0.471. The highest BCUT2D eigenvalue weighted by Crippen LogP contribution is 2.05. The second kappa shape index (κ2) is 6.32. The summed E-state index contributed by atoms with van der Waals surface area (Å²) in [6.45, 7) is 3.90. The summed E-state index contributed by atoms with van der Waals surface area (Å²) < 4.78 is 4.62. The third-order valence-corrected chi connectivity index (χ3v) is 2.57. The van der Waals surface area contributed by atoms with Gasteiger partial charge in [-0.15, -0.1) is 0 Å². The summed E-state index contributed by atoms with van der Waals surface area (Å²) in [6.07, 6.45) is 0.907. The lowest BCUT2D eigenvalue weighted by molar-refractivity contribution is -0.145. The first-order valence-corrected chi connectivity index (χ1v) is 5.46. The van der Waals surface area contributed by atoms with E-state index >= 15 is 0 Å². The molecular formula is C12H18N2O3. The number of aryl methyl sites for hydroxylation is 1. The second-order valence-corrected chi connectivity index (χ2v) is 3.87. The second-order valence-electron chi connectivity index (χ2n) is 3.87. The molecule has 0 unspecified atom stereocenters. The van der Waals surface area contributed by atoms with Gasteiger partial charge in [-0.1, -0.05) is 6.07 Å². The van der Waals surface area contributed by atoms with Crippen molar-refractivity contribution in [3.05, 3.63) is 29.6 Å². The van der Waals surface area contributed by atoms with Crippen LogP contribution in [0, 0.1) is 6.92 Å². The molecule has 1 rings (SSSR count). The van der Waals surface area contributed by atoms with Gasteiger partial charge in [0.1, 0.15) is 6.04 Å². The molecule has 5 heteroatoms. The molecule has 0 aliphatic heterocycles. The topological polar surface area (TPSA) is 71.5 Å². The number of pyridine rings is 1. The maximum absolute atomic E-state index is 11.4. The van der Waals surface area contributed by atoms with Crippen molar-refractivity contribution in [3.8, 4) is 0 Å². The molecule has 94 valence electrons. The third-order valence-electron chi connectivity index (χ3n) is 2.57. The first-order chi connectivity index (χ1) is 8.06. The van der Waals surface area contributed by atoms with Gasteiger partial charge < -0.3 is 9.84 Å². The molecule has 1 aromatic rings. The minimum atomic E-state index is -0.806. The number of aromatic nitrogens is 1. The van der Waals surface area contributed by atoms with E-state index < -0.39 is 18.1 Å². The Hall–Kier alpha value is -1.46. The molecule has 0 aliphatic carbocycles. The van der Waals surface area contributed by atoms with Crippen molar-refractivity contribution >= 4 is 5.97 Å². The van der Waals surface area contributed by atoms with E-state index in [0.717, 1.165) is 11.3 Å². The predicted molar refractivity (Wildman–Crippen MR) is 63.3 cm³/mol. The van der Waals surface area contributed by atoms with Gasteiger partial charge in [0.15, 0.2) is 0 Å². The fraction of sp³-hybridized carbons (Fsp3) is 0.500. The van der Waals surface area contributed by atoms with Crippen LogP contribution in [0.4, 0.5) is 0 Å². The van der Waals surface area contributed by atoms with Gasteiger partial charge in [-0.25, -0.2) is 0 Å².